The van der Waals surface area contributed by atoms with Crippen molar-refractivity contribution in [1.29, 1.82) is 0 Å². The first-order valence-corrected chi connectivity index (χ1v) is 5.91. The van der Waals surface area contributed by atoms with E-state index in [9.17, 15) is 18.0 Å². The van der Waals surface area contributed by atoms with Gasteiger partial charge in [-0.05, 0) is 18.2 Å². The predicted octanol–water partition coefficient (Wildman–Crippen LogP) is 2.80. The summed E-state index contributed by atoms with van der Waals surface area (Å²) < 4.78 is 39.8. The third-order valence-electron chi connectivity index (χ3n) is 2.34. The lowest BCUT2D eigenvalue weighted by molar-refractivity contribution is -0.138. The molecule has 19 heavy (non-hydrogen) atoms. The molecule has 0 atom stereocenters. The van der Waals surface area contributed by atoms with Gasteiger partial charge in [0.05, 0.1) is 5.56 Å². The standard InChI is InChI=1S/C11H8F3N3OS/c1-17-10(15-6-16-17)19-8-3-2-7(5-18)9(4-8)11(12,13)14/h2-6H,1H3. The number of carbonyl (C=O) groups is 1. The molecule has 0 spiro atoms. The summed E-state index contributed by atoms with van der Waals surface area (Å²) in [6.45, 7) is 0. The fraction of sp³-hybridized carbons (Fsp3) is 0.182. The van der Waals surface area contributed by atoms with Gasteiger partial charge in [-0.25, -0.2) is 9.67 Å². The molecule has 100 valence electrons. The molecule has 0 aliphatic rings. The molecule has 0 amide bonds. The minimum Gasteiger partial charge on any atom is -0.298 e. The van der Waals surface area contributed by atoms with Gasteiger partial charge in [-0.3, -0.25) is 4.79 Å². The number of alkyl halides is 3. The number of aldehydes is 1. The average Bonchev–Trinajstić information content (AvgIpc) is 2.74. The fourth-order valence-corrected chi connectivity index (χ4v) is 2.23. The minimum absolute atomic E-state index is 0.194. The van der Waals surface area contributed by atoms with Gasteiger partial charge in [-0.2, -0.15) is 18.3 Å². The van der Waals surface area contributed by atoms with Gasteiger partial charge in [0, 0.05) is 17.5 Å². The highest BCUT2D eigenvalue weighted by atomic mass is 32.2. The van der Waals surface area contributed by atoms with E-state index >= 15 is 0 Å². The van der Waals surface area contributed by atoms with E-state index in [4.69, 9.17) is 0 Å². The van der Waals surface area contributed by atoms with Crippen molar-refractivity contribution in [2.45, 2.75) is 16.2 Å². The molecular formula is C11H8F3N3OS. The van der Waals surface area contributed by atoms with Crippen molar-refractivity contribution < 1.29 is 18.0 Å². The highest BCUT2D eigenvalue weighted by Gasteiger charge is 2.33. The van der Waals surface area contributed by atoms with Crippen molar-refractivity contribution in [3.63, 3.8) is 0 Å². The number of halogens is 3. The molecule has 1 heterocycles. The molecule has 0 N–H and O–H groups in total. The summed E-state index contributed by atoms with van der Waals surface area (Å²) in [5.41, 5.74) is -1.33. The van der Waals surface area contributed by atoms with Gasteiger partial charge < -0.3 is 0 Å². The van der Waals surface area contributed by atoms with Crippen LogP contribution in [0, 0.1) is 0 Å². The Kier molecular flexibility index (Phi) is 3.61. The van der Waals surface area contributed by atoms with Gasteiger partial charge in [0.2, 0.25) is 0 Å². The first kappa shape index (κ1) is 13.6. The zero-order valence-electron chi connectivity index (χ0n) is 9.68. The lowest BCUT2D eigenvalue weighted by atomic mass is 10.1. The number of rotatable bonds is 3. The van der Waals surface area contributed by atoms with Crippen LogP contribution in [0.1, 0.15) is 15.9 Å². The molecule has 1 aromatic carbocycles. The SMILES string of the molecule is Cn1ncnc1Sc1ccc(C=O)c(C(F)(F)F)c1. The molecule has 0 aliphatic carbocycles. The summed E-state index contributed by atoms with van der Waals surface area (Å²) >= 11 is 1.04. The first-order chi connectivity index (χ1) is 8.91. The lowest BCUT2D eigenvalue weighted by Crippen LogP contribution is -2.09. The van der Waals surface area contributed by atoms with Gasteiger partial charge in [0.25, 0.3) is 0 Å². The molecule has 4 nitrogen and oxygen atoms in total. The van der Waals surface area contributed by atoms with E-state index < -0.39 is 11.7 Å². The normalized spacial score (nSPS) is 11.6. The Morgan fingerprint density at radius 2 is 2.11 bits per heavy atom. The van der Waals surface area contributed by atoms with E-state index in [2.05, 4.69) is 10.1 Å². The molecule has 0 radical (unpaired) electrons. The number of aromatic nitrogens is 3. The maximum absolute atomic E-state index is 12.8. The van der Waals surface area contributed by atoms with Crippen LogP contribution in [0.4, 0.5) is 13.2 Å². The second-order valence-corrected chi connectivity index (χ2v) is 4.67. The van der Waals surface area contributed by atoms with Crippen molar-refractivity contribution in [3.05, 3.63) is 35.7 Å². The Morgan fingerprint density at radius 1 is 1.37 bits per heavy atom. The molecule has 0 saturated heterocycles. The molecule has 0 bridgehead atoms. The monoisotopic (exact) mass is 287 g/mol. The molecule has 1 aromatic heterocycles. The van der Waals surface area contributed by atoms with E-state index in [-0.39, 0.29) is 11.8 Å². The lowest BCUT2D eigenvalue weighted by Gasteiger charge is -2.10. The second-order valence-electron chi connectivity index (χ2n) is 3.63. The first-order valence-electron chi connectivity index (χ1n) is 5.10. The summed E-state index contributed by atoms with van der Waals surface area (Å²) in [7, 11) is 1.64. The maximum atomic E-state index is 12.8. The Labute approximate surface area is 110 Å². The highest BCUT2D eigenvalue weighted by molar-refractivity contribution is 7.99. The summed E-state index contributed by atoms with van der Waals surface area (Å²) in [6.07, 6.45) is -3.06. The van der Waals surface area contributed by atoms with Gasteiger partial charge in [0.1, 0.15) is 6.33 Å². The van der Waals surface area contributed by atoms with E-state index in [1.807, 2.05) is 0 Å². The van der Waals surface area contributed by atoms with Crippen LogP contribution in [0.3, 0.4) is 0 Å². The van der Waals surface area contributed by atoms with Crippen LogP contribution < -0.4 is 0 Å². The number of hydrogen-bond acceptors (Lipinski definition) is 4. The van der Waals surface area contributed by atoms with E-state index in [0.717, 1.165) is 23.9 Å². The van der Waals surface area contributed by atoms with E-state index in [1.165, 1.54) is 17.1 Å². The van der Waals surface area contributed by atoms with Crippen LogP contribution >= 0.6 is 11.8 Å². The molecular weight excluding hydrogens is 279 g/mol. The second kappa shape index (κ2) is 5.04. The third-order valence-corrected chi connectivity index (χ3v) is 3.38. The van der Waals surface area contributed by atoms with E-state index in [1.54, 1.807) is 7.05 Å². The zero-order chi connectivity index (χ0) is 14.0. The number of nitrogens with zero attached hydrogens (tertiary/aromatic N) is 3. The van der Waals surface area contributed by atoms with Crippen molar-refractivity contribution in [3.8, 4) is 0 Å². The fourth-order valence-electron chi connectivity index (χ4n) is 1.43. The summed E-state index contributed by atoms with van der Waals surface area (Å²) in [5.74, 6) is 0. The molecule has 2 rings (SSSR count). The van der Waals surface area contributed by atoms with Crippen LogP contribution in [0.25, 0.3) is 0 Å². The van der Waals surface area contributed by atoms with Crippen molar-refractivity contribution in [1.82, 2.24) is 14.8 Å². The van der Waals surface area contributed by atoms with Gasteiger partial charge in [-0.1, -0.05) is 11.8 Å². The van der Waals surface area contributed by atoms with Crippen LogP contribution in [-0.2, 0) is 13.2 Å². The maximum Gasteiger partial charge on any atom is 0.417 e. The predicted molar refractivity (Wildman–Crippen MR) is 62.0 cm³/mol. The Hall–Kier alpha value is -1.83. The number of benzene rings is 1. The van der Waals surface area contributed by atoms with Crippen molar-refractivity contribution >= 4 is 18.0 Å². The summed E-state index contributed by atoms with van der Waals surface area (Å²) in [5, 5.41) is 4.29. The zero-order valence-corrected chi connectivity index (χ0v) is 10.5. The Morgan fingerprint density at radius 3 is 2.63 bits per heavy atom. The van der Waals surface area contributed by atoms with Crippen molar-refractivity contribution in [2.24, 2.45) is 7.05 Å². The quantitative estimate of drug-likeness (QED) is 0.814. The van der Waals surface area contributed by atoms with Crippen LogP contribution in [0.2, 0.25) is 0 Å². The third kappa shape index (κ3) is 2.95. The Balaban J connectivity index is 2.38. The Bertz CT molecular complexity index is 609. The molecule has 0 fully saturated rings. The largest absolute Gasteiger partial charge is 0.417 e. The van der Waals surface area contributed by atoms with Crippen LogP contribution in [0.15, 0.2) is 34.6 Å². The molecule has 2 aromatic rings. The smallest absolute Gasteiger partial charge is 0.298 e. The molecule has 0 saturated carbocycles. The van der Waals surface area contributed by atoms with Gasteiger partial charge in [-0.15, -0.1) is 0 Å². The number of hydrogen-bond donors (Lipinski definition) is 0. The number of aryl methyl sites for hydroxylation is 1. The highest BCUT2D eigenvalue weighted by Crippen LogP contribution is 2.35. The average molecular weight is 287 g/mol. The molecule has 8 heteroatoms. The summed E-state index contributed by atoms with van der Waals surface area (Å²) in [4.78, 5) is 14.9. The summed E-state index contributed by atoms with van der Waals surface area (Å²) in [6, 6.07) is 3.52. The van der Waals surface area contributed by atoms with Crippen LogP contribution in [0.5, 0.6) is 0 Å². The van der Waals surface area contributed by atoms with Crippen LogP contribution in [-0.4, -0.2) is 21.1 Å². The topological polar surface area (TPSA) is 47.8 Å². The molecule has 0 aliphatic heterocycles. The van der Waals surface area contributed by atoms with Crippen molar-refractivity contribution in [2.75, 3.05) is 0 Å². The number of carbonyl (C=O) groups excluding carboxylic acids is 1. The van der Waals surface area contributed by atoms with Gasteiger partial charge >= 0.3 is 6.18 Å². The minimum atomic E-state index is -4.56. The van der Waals surface area contributed by atoms with E-state index in [0.29, 0.717) is 10.1 Å². The van der Waals surface area contributed by atoms with Gasteiger partial charge in [0.15, 0.2) is 11.4 Å². The molecule has 0 unspecified atom stereocenters.